The Morgan fingerprint density at radius 1 is 1.31 bits per heavy atom. The van der Waals surface area contributed by atoms with Gasteiger partial charge in [0.2, 0.25) is 0 Å². The predicted octanol–water partition coefficient (Wildman–Crippen LogP) is 2.29. The van der Waals surface area contributed by atoms with Crippen LogP contribution in [0.5, 0.6) is 0 Å². The van der Waals surface area contributed by atoms with Crippen molar-refractivity contribution in [3.05, 3.63) is 0 Å². The standard InChI is InChI=1S/C11H16O2/c1-9(7-3-4-7)5-11(9)6-10(11,2)8(12)13/h7H,3-6H2,1-2H3,(H,12,13)/t9-,10-,11+/m0/s1. The van der Waals surface area contributed by atoms with Gasteiger partial charge in [-0.1, -0.05) is 6.92 Å². The van der Waals surface area contributed by atoms with Crippen LogP contribution in [-0.4, -0.2) is 11.1 Å². The summed E-state index contributed by atoms with van der Waals surface area (Å²) in [5.74, 6) is 0.283. The lowest BCUT2D eigenvalue weighted by molar-refractivity contribution is -0.143. The van der Waals surface area contributed by atoms with E-state index in [0.717, 1.165) is 12.3 Å². The number of carboxylic acid groups (broad SMARTS) is 1. The van der Waals surface area contributed by atoms with Crippen LogP contribution in [0, 0.1) is 22.2 Å². The van der Waals surface area contributed by atoms with E-state index in [0.29, 0.717) is 5.41 Å². The minimum atomic E-state index is -0.572. The van der Waals surface area contributed by atoms with Crippen LogP contribution in [0.25, 0.3) is 0 Å². The predicted molar refractivity (Wildman–Crippen MR) is 48.2 cm³/mol. The molecule has 3 aliphatic rings. The summed E-state index contributed by atoms with van der Waals surface area (Å²) >= 11 is 0. The minimum absolute atomic E-state index is 0.215. The molecule has 3 rings (SSSR count). The van der Waals surface area contributed by atoms with E-state index < -0.39 is 5.97 Å². The molecule has 0 radical (unpaired) electrons. The van der Waals surface area contributed by atoms with Gasteiger partial charge in [0.1, 0.15) is 0 Å². The average molecular weight is 180 g/mol. The first-order chi connectivity index (χ1) is 5.96. The van der Waals surface area contributed by atoms with Crippen LogP contribution < -0.4 is 0 Å². The first-order valence-corrected chi connectivity index (χ1v) is 5.20. The molecule has 0 aliphatic heterocycles. The number of hydrogen-bond donors (Lipinski definition) is 1. The number of rotatable bonds is 2. The van der Waals surface area contributed by atoms with E-state index in [9.17, 15) is 4.79 Å². The monoisotopic (exact) mass is 180 g/mol. The van der Waals surface area contributed by atoms with Crippen molar-refractivity contribution in [3.63, 3.8) is 0 Å². The van der Waals surface area contributed by atoms with Crippen molar-refractivity contribution in [2.75, 3.05) is 0 Å². The summed E-state index contributed by atoms with van der Waals surface area (Å²) in [7, 11) is 0. The number of hydrogen-bond acceptors (Lipinski definition) is 1. The van der Waals surface area contributed by atoms with Crippen molar-refractivity contribution in [1.82, 2.24) is 0 Å². The summed E-state index contributed by atoms with van der Waals surface area (Å²) in [5, 5.41) is 9.12. The van der Waals surface area contributed by atoms with E-state index in [1.807, 2.05) is 6.92 Å². The van der Waals surface area contributed by atoms with Crippen molar-refractivity contribution in [3.8, 4) is 0 Å². The number of carboxylic acids is 1. The molecule has 2 nitrogen and oxygen atoms in total. The molecule has 3 saturated carbocycles. The fourth-order valence-corrected chi connectivity index (χ4v) is 3.77. The Labute approximate surface area is 78.3 Å². The highest BCUT2D eigenvalue weighted by molar-refractivity contribution is 5.81. The van der Waals surface area contributed by atoms with E-state index in [1.165, 1.54) is 19.3 Å². The maximum absolute atomic E-state index is 11.1. The van der Waals surface area contributed by atoms with Gasteiger partial charge in [-0.15, -0.1) is 0 Å². The van der Waals surface area contributed by atoms with Gasteiger partial charge in [-0.05, 0) is 49.4 Å². The van der Waals surface area contributed by atoms with E-state index in [4.69, 9.17) is 5.11 Å². The molecule has 3 aliphatic carbocycles. The summed E-state index contributed by atoms with van der Waals surface area (Å²) in [6.07, 6.45) is 4.79. The van der Waals surface area contributed by atoms with Crippen LogP contribution in [0.3, 0.4) is 0 Å². The Morgan fingerprint density at radius 3 is 2.31 bits per heavy atom. The molecule has 0 aromatic rings. The Bertz CT molecular complexity index is 307. The maximum Gasteiger partial charge on any atom is 0.309 e. The second-order valence-electron chi connectivity index (χ2n) is 5.76. The summed E-state index contributed by atoms with van der Waals surface area (Å²) < 4.78 is 0. The second kappa shape index (κ2) is 1.67. The minimum Gasteiger partial charge on any atom is -0.481 e. The third-order valence-electron chi connectivity index (χ3n) is 5.17. The van der Waals surface area contributed by atoms with Gasteiger partial charge in [-0.3, -0.25) is 4.79 Å². The lowest BCUT2D eigenvalue weighted by Crippen LogP contribution is -2.16. The summed E-state index contributed by atoms with van der Waals surface area (Å²) in [5.41, 5.74) is 0.247. The van der Waals surface area contributed by atoms with Gasteiger partial charge in [0, 0.05) is 0 Å². The highest BCUT2D eigenvalue weighted by Gasteiger charge is 2.88. The lowest BCUT2D eigenvalue weighted by Gasteiger charge is -2.11. The second-order valence-corrected chi connectivity index (χ2v) is 5.76. The first-order valence-electron chi connectivity index (χ1n) is 5.20. The summed E-state index contributed by atoms with van der Waals surface area (Å²) in [6.45, 7) is 4.24. The van der Waals surface area contributed by atoms with Crippen LogP contribution in [-0.2, 0) is 4.79 Å². The van der Waals surface area contributed by atoms with Gasteiger partial charge < -0.3 is 5.11 Å². The molecular weight excluding hydrogens is 164 g/mol. The molecule has 13 heavy (non-hydrogen) atoms. The Morgan fingerprint density at radius 2 is 1.92 bits per heavy atom. The zero-order valence-electron chi connectivity index (χ0n) is 8.26. The Balaban J connectivity index is 1.87. The largest absolute Gasteiger partial charge is 0.481 e. The van der Waals surface area contributed by atoms with Gasteiger partial charge in [-0.25, -0.2) is 0 Å². The molecule has 0 aromatic heterocycles. The number of aliphatic carboxylic acids is 1. The van der Waals surface area contributed by atoms with Crippen molar-refractivity contribution in [2.45, 2.75) is 39.5 Å². The molecule has 0 saturated heterocycles. The van der Waals surface area contributed by atoms with Crippen LogP contribution in [0.2, 0.25) is 0 Å². The quantitative estimate of drug-likeness (QED) is 0.708. The fourth-order valence-electron chi connectivity index (χ4n) is 3.77. The SMILES string of the molecule is C[C@@]1(C(=O)O)C[C@@]12C[C@@]2(C)C1CC1. The van der Waals surface area contributed by atoms with Crippen LogP contribution in [0.4, 0.5) is 0 Å². The van der Waals surface area contributed by atoms with Crippen molar-refractivity contribution in [1.29, 1.82) is 0 Å². The topological polar surface area (TPSA) is 37.3 Å². The van der Waals surface area contributed by atoms with Crippen molar-refractivity contribution >= 4 is 5.97 Å². The molecule has 0 amide bonds. The first kappa shape index (κ1) is 7.84. The molecule has 3 fully saturated rings. The molecule has 0 heterocycles. The summed E-state index contributed by atoms with van der Waals surface area (Å²) in [4.78, 5) is 11.1. The third kappa shape index (κ3) is 0.628. The summed E-state index contributed by atoms with van der Waals surface area (Å²) in [6, 6.07) is 0. The Hall–Kier alpha value is -0.530. The van der Waals surface area contributed by atoms with Crippen LogP contribution in [0.15, 0.2) is 0 Å². The molecule has 3 atom stereocenters. The van der Waals surface area contributed by atoms with Gasteiger partial charge in [0.05, 0.1) is 5.41 Å². The fraction of sp³-hybridized carbons (Fsp3) is 0.909. The van der Waals surface area contributed by atoms with Crippen molar-refractivity contribution < 1.29 is 9.90 Å². The van der Waals surface area contributed by atoms with Crippen LogP contribution in [0.1, 0.15) is 39.5 Å². The third-order valence-corrected chi connectivity index (χ3v) is 5.17. The van der Waals surface area contributed by atoms with E-state index in [-0.39, 0.29) is 10.8 Å². The molecule has 0 bridgehead atoms. The maximum atomic E-state index is 11.1. The van der Waals surface area contributed by atoms with Crippen molar-refractivity contribution in [2.24, 2.45) is 22.2 Å². The molecule has 1 N–H and O–H groups in total. The molecule has 0 unspecified atom stereocenters. The molecule has 1 spiro atoms. The van der Waals surface area contributed by atoms with Crippen LogP contribution >= 0.6 is 0 Å². The zero-order chi connectivity index (χ0) is 9.48. The van der Waals surface area contributed by atoms with Gasteiger partial charge >= 0.3 is 5.97 Å². The zero-order valence-corrected chi connectivity index (χ0v) is 8.26. The van der Waals surface area contributed by atoms with Gasteiger partial charge in [0.25, 0.3) is 0 Å². The normalized spacial score (nSPS) is 58.0. The molecule has 72 valence electrons. The molecule has 0 aromatic carbocycles. The highest BCUT2D eigenvalue weighted by Crippen LogP contribution is 2.91. The Kier molecular flexibility index (Phi) is 1.00. The van der Waals surface area contributed by atoms with Gasteiger partial charge in [0.15, 0.2) is 0 Å². The van der Waals surface area contributed by atoms with Gasteiger partial charge in [-0.2, -0.15) is 0 Å². The number of carbonyl (C=O) groups is 1. The highest BCUT2D eigenvalue weighted by atomic mass is 16.4. The van der Waals surface area contributed by atoms with E-state index in [1.54, 1.807) is 0 Å². The lowest BCUT2D eigenvalue weighted by atomic mass is 9.93. The average Bonchev–Trinajstić information content (AvgIpc) is 2.78. The molecular formula is C11H16O2. The van der Waals surface area contributed by atoms with E-state index >= 15 is 0 Å². The smallest absolute Gasteiger partial charge is 0.309 e. The molecule has 2 heteroatoms. The van der Waals surface area contributed by atoms with E-state index in [2.05, 4.69) is 6.92 Å².